The van der Waals surface area contributed by atoms with E-state index in [0.717, 1.165) is 19.3 Å². The second-order valence-corrected chi connectivity index (χ2v) is 19.1. The molecule has 1 heterocycles. The molecule has 0 aromatic heterocycles. The minimum atomic E-state index is -1.84. The predicted molar refractivity (Wildman–Crippen MR) is 220 cm³/mol. The Balaban J connectivity index is 1.21. The number of fused-ring (bicyclic) bond motifs is 2. The predicted octanol–water partition coefficient (Wildman–Crippen LogP) is 5.72. The van der Waals surface area contributed by atoms with E-state index in [0.29, 0.717) is 24.9 Å². The number of rotatable bonds is 22. The highest BCUT2D eigenvalue weighted by molar-refractivity contribution is 5.89. The van der Waals surface area contributed by atoms with Gasteiger partial charge in [0.2, 0.25) is 0 Å². The topological polar surface area (TPSA) is 153 Å². The van der Waals surface area contributed by atoms with E-state index in [1.165, 1.54) is 64.9 Å². The molecule has 59 heavy (non-hydrogen) atoms. The Morgan fingerprint density at radius 2 is 1.44 bits per heavy atom. The fourth-order valence-corrected chi connectivity index (χ4v) is 14.5. The molecule has 6 aliphatic rings. The van der Waals surface area contributed by atoms with E-state index in [1.807, 2.05) is 13.1 Å². The summed E-state index contributed by atoms with van der Waals surface area (Å²) in [4.78, 5) is 30.8. The minimum absolute atomic E-state index is 0.0845. The Morgan fingerprint density at radius 3 is 2.02 bits per heavy atom. The summed E-state index contributed by atoms with van der Waals surface area (Å²) in [6, 6.07) is 8.29. The Kier molecular flexibility index (Phi) is 13.9. The van der Waals surface area contributed by atoms with Crippen molar-refractivity contribution < 1.29 is 53.3 Å². The van der Waals surface area contributed by atoms with Crippen molar-refractivity contribution in [2.75, 3.05) is 48.6 Å². The van der Waals surface area contributed by atoms with Crippen LogP contribution in [-0.4, -0.2) is 135 Å². The summed E-state index contributed by atoms with van der Waals surface area (Å²) in [7, 11) is 8.39. The molecule has 1 aliphatic heterocycles. The molecule has 5 saturated carbocycles. The number of unbranched alkanes of at least 4 members (excludes halogenated alkanes) is 12. The third-order valence-electron chi connectivity index (χ3n) is 16.3. The lowest BCUT2D eigenvalue weighted by atomic mass is 9.42. The summed E-state index contributed by atoms with van der Waals surface area (Å²) >= 11 is 0. The number of aliphatic hydroxyl groups excluding tert-OH is 2. The molecule has 1 aromatic carbocycles. The van der Waals surface area contributed by atoms with Crippen LogP contribution in [0.1, 0.15) is 120 Å². The molecule has 1 saturated heterocycles. The van der Waals surface area contributed by atoms with Crippen LogP contribution in [0.25, 0.3) is 0 Å². The maximum atomic E-state index is 14.5. The number of carbonyl (C=O) groups excluding carboxylic acids is 2. The number of aliphatic hydroxyl groups is 3. The first-order valence-electron chi connectivity index (χ1n) is 22.8. The van der Waals surface area contributed by atoms with Gasteiger partial charge >= 0.3 is 11.9 Å². The largest absolute Gasteiger partial charge is 0.455 e. The SMILES string of the molecule is CCCCCCCCCCCCCCCC(=O)O[C@@]12C3C(OC(=O)c4ccccc4)C(O)(CC3[C@]34C5[C@H]1[C@H](OC)C3[C@@](COC)(CN5C)[C@H](O)C[C@@H]4OC)[C@@H](OC)[C@@H]2O. The third kappa shape index (κ3) is 7.02. The van der Waals surface area contributed by atoms with E-state index in [-0.39, 0.29) is 31.4 Å². The van der Waals surface area contributed by atoms with Crippen LogP contribution < -0.4 is 0 Å². The van der Waals surface area contributed by atoms with Gasteiger partial charge in [0.25, 0.3) is 0 Å². The van der Waals surface area contributed by atoms with Gasteiger partial charge in [0.05, 0.1) is 30.5 Å². The molecule has 332 valence electrons. The molecule has 0 radical (unpaired) electrons. The van der Waals surface area contributed by atoms with Crippen molar-refractivity contribution in [2.24, 2.45) is 34.5 Å². The molecule has 1 spiro atoms. The lowest BCUT2D eigenvalue weighted by molar-refractivity contribution is -0.321. The zero-order valence-electron chi connectivity index (χ0n) is 36.5. The quantitative estimate of drug-likeness (QED) is 0.0969. The number of benzene rings is 1. The molecule has 12 heteroatoms. The van der Waals surface area contributed by atoms with E-state index in [4.69, 9.17) is 28.4 Å². The van der Waals surface area contributed by atoms with Crippen LogP contribution in [0.3, 0.4) is 0 Å². The highest BCUT2D eigenvalue weighted by atomic mass is 16.6. The van der Waals surface area contributed by atoms with Crippen LogP contribution in [0.5, 0.6) is 0 Å². The van der Waals surface area contributed by atoms with Crippen LogP contribution in [0, 0.1) is 34.5 Å². The van der Waals surface area contributed by atoms with E-state index in [1.54, 1.807) is 45.6 Å². The Hall–Kier alpha value is -2.16. The molecule has 1 aromatic rings. The number of esters is 2. The monoisotopic (exact) mass is 828 g/mol. The van der Waals surface area contributed by atoms with Crippen molar-refractivity contribution in [2.45, 2.75) is 164 Å². The smallest absolute Gasteiger partial charge is 0.338 e. The summed E-state index contributed by atoms with van der Waals surface area (Å²) in [5.41, 5.74) is -4.82. The number of methoxy groups -OCH3 is 4. The Morgan fingerprint density at radius 1 is 0.814 bits per heavy atom. The van der Waals surface area contributed by atoms with Crippen molar-refractivity contribution in [1.82, 2.24) is 4.90 Å². The molecular weight excluding hydrogens is 755 g/mol. The first-order chi connectivity index (χ1) is 28.5. The lowest BCUT2D eigenvalue weighted by Crippen LogP contribution is -2.81. The maximum Gasteiger partial charge on any atom is 0.338 e. The van der Waals surface area contributed by atoms with Crippen molar-refractivity contribution >= 4 is 11.9 Å². The van der Waals surface area contributed by atoms with Gasteiger partial charge in [-0.15, -0.1) is 0 Å². The first-order valence-corrected chi connectivity index (χ1v) is 22.8. The molecule has 7 rings (SSSR count). The summed E-state index contributed by atoms with van der Waals surface area (Å²) < 4.78 is 38.5. The van der Waals surface area contributed by atoms with Gasteiger partial charge in [0, 0.05) is 82.5 Å². The summed E-state index contributed by atoms with van der Waals surface area (Å²) in [6.45, 7) is 2.97. The van der Waals surface area contributed by atoms with Gasteiger partial charge in [-0.05, 0) is 37.9 Å². The number of nitrogens with zero attached hydrogens (tertiary/aromatic N) is 1. The highest BCUT2D eigenvalue weighted by Gasteiger charge is 2.92. The number of carbonyl (C=O) groups is 2. The number of hydrogen-bond donors (Lipinski definition) is 3. The fraction of sp³-hybridized carbons (Fsp3) is 0.830. The molecule has 12 nitrogen and oxygen atoms in total. The van der Waals surface area contributed by atoms with Crippen LogP contribution >= 0.6 is 0 Å². The molecule has 6 fully saturated rings. The Labute approximate surface area is 352 Å². The first kappa shape index (κ1) is 44.9. The van der Waals surface area contributed by atoms with Gasteiger partial charge in [0.1, 0.15) is 23.9 Å². The molecule has 5 aliphatic carbocycles. The highest BCUT2D eigenvalue weighted by Crippen LogP contribution is 2.80. The van der Waals surface area contributed by atoms with Crippen LogP contribution in [0.4, 0.5) is 0 Å². The van der Waals surface area contributed by atoms with E-state index in [9.17, 15) is 24.9 Å². The maximum absolute atomic E-state index is 14.5. The second-order valence-electron chi connectivity index (χ2n) is 19.1. The second kappa shape index (κ2) is 18.3. The molecule has 0 amide bonds. The molecule has 3 N–H and O–H groups in total. The van der Waals surface area contributed by atoms with Gasteiger partial charge in [-0.25, -0.2) is 4.79 Å². The number of ether oxygens (including phenoxy) is 6. The number of hydrogen-bond acceptors (Lipinski definition) is 12. The Bertz CT molecular complexity index is 1580. The standard InChI is InChI=1S/C47H73NO11/c1-7-8-9-10-11-12-13-14-15-16-17-18-22-25-34(50)59-47-35-31(27-45(53,42(57-6)40(47)51)41(35)58-43(52)30-23-20-19-21-24-30)46-33(55-4)26-32(49)44(29-54-3)28-48(2)39(46)36(47)37(56-5)38(44)46/h19-21,23-24,31-33,35-42,49,51,53H,7-18,22,25-29H2,1-6H3/t31?,32-,33+,35?,36-,37+,38?,39?,40+,41?,42+,44-,45?,46-,47+/m1/s1. The summed E-state index contributed by atoms with van der Waals surface area (Å²) in [5.74, 6) is -3.48. The van der Waals surface area contributed by atoms with E-state index >= 15 is 0 Å². The molecule has 7 bridgehead atoms. The summed E-state index contributed by atoms with van der Waals surface area (Å²) in [5, 5.41) is 38.1. The van der Waals surface area contributed by atoms with Crippen molar-refractivity contribution in [3.63, 3.8) is 0 Å². The molecular formula is C47H73NO11. The average molecular weight is 828 g/mol. The van der Waals surface area contributed by atoms with Gasteiger partial charge in [-0.3, -0.25) is 4.79 Å². The normalized spacial score (nSPS) is 41.5. The van der Waals surface area contributed by atoms with Crippen LogP contribution in [-0.2, 0) is 33.2 Å². The fourth-order valence-electron chi connectivity index (χ4n) is 14.5. The number of piperidine rings is 1. The number of likely N-dealkylation sites (tertiary alicyclic amines) is 1. The third-order valence-corrected chi connectivity index (χ3v) is 16.3. The zero-order valence-corrected chi connectivity index (χ0v) is 36.5. The summed E-state index contributed by atoms with van der Waals surface area (Å²) in [6.07, 6.45) is 9.99. The van der Waals surface area contributed by atoms with Gasteiger partial charge in [-0.2, -0.15) is 0 Å². The van der Waals surface area contributed by atoms with E-state index < -0.39 is 88.3 Å². The minimum Gasteiger partial charge on any atom is -0.455 e. The molecule has 15 atom stereocenters. The van der Waals surface area contributed by atoms with Crippen LogP contribution in [0.2, 0.25) is 0 Å². The lowest BCUT2D eigenvalue weighted by Gasteiger charge is -2.70. The van der Waals surface area contributed by atoms with Crippen molar-refractivity contribution in [1.29, 1.82) is 0 Å². The van der Waals surface area contributed by atoms with E-state index in [2.05, 4.69) is 11.8 Å². The van der Waals surface area contributed by atoms with Crippen molar-refractivity contribution in [3.05, 3.63) is 35.9 Å². The van der Waals surface area contributed by atoms with Crippen LogP contribution in [0.15, 0.2) is 30.3 Å². The van der Waals surface area contributed by atoms with Gasteiger partial charge in [-0.1, -0.05) is 102 Å². The zero-order chi connectivity index (χ0) is 42.2. The van der Waals surface area contributed by atoms with Gasteiger partial charge in [0.15, 0.2) is 5.60 Å². The van der Waals surface area contributed by atoms with Crippen molar-refractivity contribution in [3.8, 4) is 0 Å². The van der Waals surface area contributed by atoms with Gasteiger partial charge < -0.3 is 48.6 Å². The average Bonchev–Trinajstić information content (AvgIpc) is 3.62. The molecule has 6 unspecified atom stereocenters.